The predicted octanol–water partition coefficient (Wildman–Crippen LogP) is 3.54. The molecule has 2 aromatic rings. The Hall–Kier alpha value is -2.29. The molecule has 0 radical (unpaired) electrons. The van der Waals surface area contributed by atoms with Crippen LogP contribution in [-0.2, 0) is 16.0 Å². The minimum Gasteiger partial charge on any atom is -0.497 e. The molecule has 0 amide bonds. The quantitative estimate of drug-likeness (QED) is 0.689. The van der Waals surface area contributed by atoms with Gasteiger partial charge < -0.3 is 9.47 Å². The molecule has 0 heterocycles. The number of carbonyl (C=O) groups is 1. The highest BCUT2D eigenvalue weighted by molar-refractivity contribution is 5.81. The fraction of sp³-hybridized carbons (Fsp3) is 0.278. The number of ether oxygens (including phenoxy) is 2. The normalized spacial score (nSPS) is 13.3. The summed E-state index contributed by atoms with van der Waals surface area (Å²) >= 11 is 0. The van der Waals surface area contributed by atoms with E-state index in [0.29, 0.717) is 0 Å². The third-order valence-corrected chi connectivity index (χ3v) is 4.17. The van der Waals surface area contributed by atoms with Crippen molar-refractivity contribution in [3.8, 4) is 16.9 Å². The zero-order valence-corrected chi connectivity index (χ0v) is 12.5. The Labute approximate surface area is 124 Å². The van der Waals surface area contributed by atoms with E-state index >= 15 is 0 Å². The molecule has 1 aliphatic rings. The van der Waals surface area contributed by atoms with Gasteiger partial charge in [-0.25, -0.2) is 0 Å². The first kappa shape index (κ1) is 13.7. The van der Waals surface area contributed by atoms with Crippen LogP contribution in [0.1, 0.15) is 29.5 Å². The zero-order chi connectivity index (χ0) is 15.0. The molecule has 0 saturated heterocycles. The first-order chi connectivity index (χ1) is 10.1. The number of rotatable bonds is 3. The topological polar surface area (TPSA) is 35.5 Å². The highest BCUT2D eigenvalue weighted by Crippen LogP contribution is 2.39. The van der Waals surface area contributed by atoms with E-state index in [0.717, 1.165) is 17.7 Å². The van der Waals surface area contributed by atoms with Gasteiger partial charge in [-0.15, -0.1) is 0 Å². The second-order valence-electron chi connectivity index (χ2n) is 5.36. The maximum absolute atomic E-state index is 11.7. The number of carbonyl (C=O) groups excluding carboxylic acids is 1. The Balaban J connectivity index is 1.97. The smallest absolute Gasteiger partial charge is 0.312 e. The van der Waals surface area contributed by atoms with Gasteiger partial charge in [0.15, 0.2) is 0 Å². The largest absolute Gasteiger partial charge is 0.497 e. The van der Waals surface area contributed by atoms with E-state index in [1.165, 1.54) is 29.4 Å². The first-order valence-corrected chi connectivity index (χ1v) is 7.02. The van der Waals surface area contributed by atoms with E-state index in [4.69, 9.17) is 9.47 Å². The molecule has 0 aliphatic heterocycles. The molecule has 0 N–H and O–H groups in total. The van der Waals surface area contributed by atoms with E-state index < -0.39 is 0 Å². The van der Waals surface area contributed by atoms with Gasteiger partial charge in [0.2, 0.25) is 0 Å². The minimum atomic E-state index is -0.237. The Morgan fingerprint density at radius 3 is 2.38 bits per heavy atom. The van der Waals surface area contributed by atoms with E-state index in [1.54, 1.807) is 7.11 Å². The fourth-order valence-electron chi connectivity index (χ4n) is 2.92. The highest BCUT2D eigenvalue weighted by Gasteiger charge is 2.22. The standard InChI is InChI=1S/C18H18O3/c1-11(18(19)21-3)12-4-6-16-13(8-12)9-14-10-15(20-2)5-7-17(14)16/h4-8,10-11H,9H2,1-3H3/t11-/m1/s1. The summed E-state index contributed by atoms with van der Waals surface area (Å²) in [6.07, 6.45) is 0.879. The van der Waals surface area contributed by atoms with Crippen molar-refractivity contribution in [1.29, 1.82) is 0 Å². The van der Waals surface area contributed by atoms with Crippen molar-refractivity contribution < 1.29 is 14.3 Å². The number of hydrogen-bond acceptors (Lipinski definition) is 3. The van der Waals surface area contributed by atoms with Gasteiger partial charge in [-0.2, -0.15) is 0 Å². The van der Waals surface area contributed by atoms with Crippen LogP contribution >= 0.6 is 0 Å². The third kappa shape index (κ3) is 2.29. The second-order valence-corrected chi connectivity index (χ2v) is 5.36. The summed E-state index contributed by atoms with van der Waals surface area (Å²) in [6.45, 7) is 1.87. The van der Waals surface area contributed by atoms with E-state index in [-0.39, 0.29) is 11.9 Å². The van der Waals surface area contributed by atoms with Crippen LogP contribution in [0.25, 0.3) is 11.1 Å². The molecule has 3 heteroatoms. The van der Waals surface area contributed by atoms with Gasteiger partial charge in [-0.05, 0) is 53.3 Å². The lowest BCUT2D eigenvalue weighted by Gasteiger charge is -2.11. The van der Waals surface area contributed by atoms with Crippen LogP contribution in [0.3, 0.4) is 0 Å². The van der Waals surface area contributed by atoms with Gasteiger partial charge in [0.1, 0.15) is 5.75 Å². The Kier molecular flexibility index (Phi) is 3.42. The lowest BCUT2D eigenvalue weighted by Crippen LogP contribution is -2.10. The van der Waals surface area contributed by atoms with Gasteiger partial charge >= 0.3 is 5.97 Å². The molecule has 0 saturated carbocycles. The van der Waals surface area contributed by atoms with Crippen molar-refractivity contribution in [2.75, 3.05) is 14.2 Å². The number of methoxy groups -OCH3 is 2. The molecule has 0 aromatic heterocycles. The van der Waals surface area contributed by atoms with E-state index in [1.807, 2.05) is 19.1 Å². The van der Waals surface area contributed by atoms with Gasteiger partial charge in [-0.1, -0.05) is 24.3 Å². The number of esters is 1. The van der Waals surface area contributed by atoms with Crippen LogP contribution < -0.4 is 4.74 Å². The van der Waals surface area contributed by atoms with E-state index in [2.05, 4.69) is 24.3 Å². The van der Waals surface area contributed by atoms with Crippen molar-refractivity contribution in [3.05, 3.63) is 53.1 Å². The van der Waals surface area contributed by atoms with Crippen molar-refractivity contribution in [2.24, 2.45) is 0 Å². The minimum absolute atomic E-state index is 0.202. The number of benzene rings is 2. The zero-order valence-electron chi connectivity index (χ0n) is 12.5. The van der Waals surface area contributed by atoms with Crippen molar-refractivity contribution in [3.63, 3.8) is 0 Å². The van der Waals surface area contributed by atoms with Crippen LogP contribution in [0, 0.1) is 0 Å². The average molecular weight is 282 g/mol. The van der Waals surface area contributed by atoms with Crippen LogP contribution in [0.2, 0.25) is 0 Å². The van der Waals surface area contributed by atoms with Gasteiger partial charge in [0, 0.05) is 0 Å². The van der Waals surface area contributed by atoms with E-state index in [9.17, 15) is 4.79 Å². The lowest BCUT2D eigenvalue weighted by molar-refractivity contribution is -0.141. The first-order valence-electron chi connectivity index (χ1n) is 7.02. The summed E-state index contributed by atoms with van der Waals surface area (Å²) in [5.74, 6) is 0.440. The summed E-state index contributed by atoms with van der Waals surface area (Å²) in [6, 6.07) is 12.4. The molecule has 21 heavy (non-hydrogen) atoms. The molecule has 1 atom stereocenters. The molecule has 3 nitrogen and oxygen atoms in total. The summed E-state index contributed by atoms with van der Waals surface area (Å²) in [4.78, 5) is 11.7. The molecule has 3 rings (SSSR count). The average Bonchev–Trinajstić information content (AvgIpc) is 2.89. The maximum Gasteiger partial charge on any atom is 0.312 e. The summed E-state index contributed by atoms with van der Waals surface area (Å²) < 4.78 is 10.1. The summed E-state index contributed by atoms with van der Waals surface area (Å²) in [5, 5.41) is 0. The van der Waals surface area contributed by atoms with Gasteiger partial charge in [-0.3, -0.25) is 4.79 Å². The molecule has 0 unspecified atom stereocenters. The molecular formula is C18H18O3. The lowest BCUT2D eigenvalue weighted by atomic mass is 9.96. The van der Waals surface area contributed by atoms with Gasteiger partial charge in [0.05, 0.1) is 20.1 Å². The molecule has 0 bridgehead atoms. The molecule has 0 fully saturated rings. The Bertz CT molecular complexity index is 704. The summed E-state index contributed by atoms with van der Waals surface area (Å²) in [5.41, 5.74) is 6.02. The Morgan fingerprint density at radius 2 is 1.71 bits per heavy atom. The van der Waals surface area contributed by atoms with Crippen LogP contribution in [0.4, 0.5) is 0 Å². The van der Waals surface area contributed by atoms with Crippen LogP contribution in [-0.4, -0.2) is 20.2 Å². The van der Waals surface area contributed by atoms with Crippen molar-refractivity contribution >= 4 is 5.97 Å². The summed E-state index contributed by atoms with van der Waals surface area (Å²) in [7, 11) is 3.11. The monoisotopic (exact) mass is 282 g/mol. The van der Waals surface area contributed by atoms with Crippen molar-refractivity contribution in [1.82, 2.24) is 0 Å². The number of fused-ring (bicyclic) bond motifs is 3. The fourth-order valence-corrected chi connectivity index (χ4v) is 2.92. The maximum atomic E-state index is 11.7. The third-order valence-electron chi connectivity index (χ3n) is 4.17. The Morgan fingerprint density at radius 1 is 1.05 bits per heavy atom. The van der Waals surface area contributed by atoms with Crippen molar-refractivity contribution in [2.45, 2.75) is 19.3 Å². The molecule has 108 valence electrons. The van der Waals surface area contributed by atoms with Gasteiger partial charge in [0.25, 0.3) is 0 Å². The highest BCUT2D eigenvalue weighted by atomic mass is 16.5. The van der Waals surface area contributed by atoms with Crippen LogP contribution in [0.5, 0.6) is 5.75 Å². The SMILES string of the molecule is COC(=O)[C@H](C)c1ccc2c(c1)Cc1cc(OC)ccc1-2. The molecule has 1 aliphatic carbocycles. The molecule has 2 aromatic carbocycles. The number of hydrogen-bond donors (Lipinski definition) is 0. The van der Waals surface area contributed by atoms with Crippen LogP contribution in [0.15, 0.2) is 36.4 Å². The predicted molar refractivity (Wildman–Crippen MR) is 81.7 cm³/mol. The molecular weight excluding hydrogens is 264 g/mol. The molecule has 0 spiro atoms. The second kappa shape index (κ2) is 5.24.